The third kappa shape index (κ3) is 3.09. The van der Waals surface area contributed by atoms with E-state index in [4.69, 9.17) is 4.74 Å². The molecular formula is C21H27NO3S. The van der Waals surface area contributed by atoms with Crippen molar-refractivity contribution in [2.24, 2.45) is 0 Å². The van der Waals surface area contributed by atoms with Crippen molar-refractivity contribution in [1.82, 2.24) is 0 Å². The first-order chi connectivity index (χ1) is 12.3. The van der Waals surface area contributed by atoms with Crippen molar-refractivity contribution in [3.8, 4) is 5.75 Å². The van der Waals surface area contributed by atoms with Crippen LogP contribution in [0.4, 0.5) is 5.69 Å². The van der Waals surface area contributed by atoms with E-state index in [1.807, 2.05) is 51.1 Å². The maximum Gasteiger partial charge on any atom is 0.268 e. The van der Waals surface area contributed by atoms with E-state index in [2.05, 4.69) is 13.8 Å². The van der Waals surface area contributed by atoms with Crippen LogP contribution in [-0.4, -0.2) is 21.1 Å². The normalized spacial score (nSPS) is 16.8. The summed E-state index contributed by atoms with van der Waals surface area (Å²) in [6, 6.07) is 11.3. The topological polar surface area (TPSA) is 46.6 Å². The molecule has 0 fully saturated rings. The van der Waals surface area contributed by atoms with Crippen molar-refractivity contribution in [3.63, 3.8) is 0 Å². The Morgan fingerprint density at radius 3 is 2.58 bits per heavy atom. The Morgan fingerprint density at radius 2 is 1.92 bits per heavy atom. The maximum atomic E-state index is 13.6. The number of ether oxygens (including phenoxy) is 1. The molecular weight excluding hydrogens is 346 g/mol. The average Bonchev–Trinajstić information content (AvgIpc) is 2.91. The zero-order valence-corrected chi connectivity index (χ0v) is 16.9. The molecule has 4 nitrogen and oxygen atoms in total. The van der Waals surface area contributed by atoms with Crippen molar-refractivity contribution in [2.75, 3.05) is 10.9 Å². The first-order valence-electron chi connectivity index (χ1n) is 9.17. The molecule has 1 aliphatic heterocycles. The molecule has 1 aliphatic rings. The summed E-state index contributed by atoms with van der Waals surface area (Å²) in [6.07, 6.45) is 0.724. The fourth-order valence-corrected chi connectivity index (χ4v) is 5.62. The second-order valence-corrected chi connectivity index (χ2v) is 9.01. The summed E-state index contributed by atoms with van der Waals surface area (Å²) >= 11 is 0. The second kappa shape index (κ2) is 6.95. The average molecular weight is 374 g/mol. The number of aryl methyl sites for hydroxylation is 1. The third-order valence-electron chi connectivity index (χ3n) is 4.94. The van der Waals surface area contributed by atoms with Gasteiger partial charge in [0.05, 0.1) is 12.3 Å². The molecule has 0 N–H and O–H groups in total. The standard InChI is InChI=1S/C21H27NO3S/c1-6-25-20-11-15(4)18(14(2)3)13-21(20)26(23,24)22-16(5)12-17-9-7-8-10-19(17)22/h7-11,13-14,16H,6,12H2,1-5H3. The minimum Gasteiger partial charge on any atom is -0.492 e. The van der Waals surface area contributed by atoms with Gasteiger partial charge in [-0.15, -0.1) is 0 Å². The summed E-state index contributed by atoms with van der Waals surface area (Å²) in [7, 11) is -3.72. The first-order valence-corrected chi connectivity index (χ1v) is 10.6. The van der Waals surface area contributed by atoms with Gasteiger partial charge in [-0.05, 0) is 68.0 Å². The fourth-order valence-electron chi connectivity index (χ4n) is 3.78. The number of hydrogen-bond donors (Lipinski definition) is 0. The number of fused-ring (bicyclic) bond motifs is 1. The van der Waals surface area contributed by atoms with Crippen molar-refractivity contribution >= 4 is 15.7 Å². The van der Waals surface area contributed by atoms with Gasteiger partial charge < -0.3 is 4.74 Å². The summed E-state index contributed by atoms with van der Waals surface area (Å²) in [6.45, 7) is 10.4. The van der Waals surface area contributed by atoms with E-state index in [9.17, 15) is 8.42 Å². The Balaban J connectivity index is 2.19. The quantitative estimate of drug-likeness (QED) is 0.766. The number of anilines is 1. The highest BCUT2D eigenvalue weighted by atomic mass is 32.2. The van der Waals surface area contributed by atoms with E-state index >= 15 is 0 Å². The van der Waals surface area contributed by atoms with Gasteiger partial charge >= 0.3 is 0 Å². The zero-order chi connectivity index (χ0) is 19.1. The number of nitrogens with zero attached hydrogens (tertiary/aromatic N) is 1. The SMILES string of the molecule is CCOc1cc(C)c(C(C)C)cc1S(=O)(=O)N1c2ccccc2CC1C. The highest BCUT2D eigenvalue weighted by molar-refractivity contribution is 7.93. The van der Waals surface area contributed by atoms with Gasteiger partial charge in [-0.3, -0.25) is 4.31 Å². The number of hydrogen-bond acceptors (Lipinski definition) is 3. The molecule has 1 unspecified atom stereocenters. The molecule has 0 saturated heterocycles. The van der Waals surface area contributed by atoms with Crippen molar-refractivity contribution in [3.05, 3.63) is 53.1 Å². The molecule has 0 bridgehead atoms. The molecule has 5 heteroatoms. The molecule has 0 saturated carbocycles. The van der Waals surface area contributed by atoms with E-state index < -0.39 is 10.0 Å². The lowest BCUT2D eigenvalue weighted by Crippen LogP contribution is -2.36. The van der Waals surface area contributed by atoms with Gasteiger partial charge in [0.1, 0.15) is 10.6 Å². The molecule has 26 heavy (non-hydrogen) atoms. The van der Waals surface area contributed by atoms with Crippen LogP contribution in [-0.2, 0) is 16.4 Å². The highest BCUT2D eigenvalue weighted by Crippen LogP contribution is 2.40. The largest absolute Gasteiger partial charge is 0.492 e. The highest BCUT2D eigenvalue weighted by Gasteiger charge is 2.37. The van der Waals surface area contributed by atoms with E-state index in [1.54, 1.807) is 10.4 Å². The van der Waals surface area contributed by atoms with Crippen molar-refractivity contribution in [2.45, 2.75) is 57.9 Å². The van der Waals surface area contributed by atoms with Crippen LogP contribution in [0.1, 0.15) is 50.3 Å². The summed E-state index contributed by atoms with van der Waals surface area (Å²) < 4.78 is 34.5. The molecule has 140 valence electrons. The van der Waals surface area contributed by atoms with Crippen LogP contribution < -0.4 is 9.04 Å². The second-order valence-electron chi connectivity index (χ2n) is 7.23. The molecule has 0 radical (unpaired) electrons. The van der Waals surface area contributed by atoms with Gasteiger partial charge in [0, 0.05) is 6.04 Å². The van der Waals surface area contributed by atoms with Crippen LogP contribution in [0.5, 0.6) is 5.75 Å². The predicted octanol–water partition coefficient (Wildman–Crippen LogP) is 4.66. The van der Waals surface area contributed by atoms with Gasteiger partial charge in [-0.2, -0.15) is 0 Å². The lowest BCUT2D eigenvalue weighted by molar-refractivity contribution is 0.330. The number of para-hydroxylation sites is 1. The van der Waals surface area contributed by atoms with Gasteiger partial charge in [-0.25, -0.2) is 8.42 Å². The molecule has 3 rings (SSSR count). The van der Waals surface area contributed by atoms with Crippen LogP contribution in [0.2, 0.25) is 0 Å². The zero-order valence-electron chi connectivity index (χ0n) is 16.1. The summed E-state index contributed by atoms with van der Waals surface area (Å²) in [4.78, 5) is 0.261. The lowest BCUT2D eigenvalue weighted by atomic mass is 9.98. The van der Waals surface area contributed by atoms with Gasteiger partial charge in [0.2, 0.25) is 0 Å². The number of sulfonamides is 1. The minimum absolute atomic E-state index is 0.115. The Labute approximate surface area is 156 Å². The van der Waals surface area contributed by atoms with Crippen molar-refractivity contribution in [1.29, 1.82) is 0 Å². The molecule has 0 spiro atoms. The van der Waals surface area contributed by atoms with Gasteiger partial charge in [0.15, 0.2) is 0 Å². The maximum absolute atomic E-state index is 13.6. The van der Waals surface area contributed by atoms with Crippen LogP contribution in [0.15, 0.2) is 41.3 Å². The van der Waals surface area contributed by atoms with E-state index in [0.717, 1.165) is 28.8 Å². The molecule has 0 aromatic heterocycles. The third-order valence-corrected chi connectivity index (χ3v) is 6.89. The van der Waals surface area contributed by atoms with E-state index in [-0.39, 0.29) is 16.9 Å². The molecule has 2 aromatic carbocycles. The number of benzene rings is 2. The van der Waals surface area contributed by atoms with Crippen LogP contribution >= 0.6 is 0 Å². The lowest BCUT2D eigenvalue weighted by Gasteiger charge is -2.26. The molecule has 0 amide bonds. The summed E-state index contributed by atoms with van der Waals surface area (Å²) in [5.41, 5.74) is 3.93. The van der Waals surface area contributed by atoms with E-state index in [1.165, 1.54) is 0 Å². The molecule has 2 aromatic rings. The fraction of sp³-hybridized carbons (Fsp3) is 0.429. The summed E-state index contributed by atoms with van der Waals surface area (Å²) in [5, 5.41) is 0. The monoisotopic (exact) mass is 373 g/mol. The van der Waals surface area contributed by atoms with Crippen LogP contribution in [0.3, 0.4) is 0 Å². The Bertz CT molecular complexity index is 919. The molecule has 1 atom stereocenters. The molecule has 1 heterocycles. The van der Waals surface area contributed by atoms with Gasteiger partial charge in [0.25, 0.3) is 10.0 Å². The number of rotatable bonds is 5. The molecule has 0 aliphatic carbocycles. The first kappa shape index (κ1) is 18.8. The van der Waals surface area contributed by atoms with E-state index in [0.29, 0.717) is 12.4 Å². The summed E-state index contributed by atoms with van der Waals surface area (Å²) in [5.74, 6) is 0.675. The smallest absolute Gasteiger partial charge is 0.268 e. The van der Waals surface area contributed by atoms with Gasteiger partial charge in [-0.1, -0.05) is 32.0 Å². The Hall–Kier alpha value is -2.01. The predicted molar refractivity (Wildman–Crippen MR) is 106 cm³/mol. The Morgan fingerprint density at radius 1 is 1.23 bits per heavy atom. The van der Waals surface area contributed by atoms with Crippen LogP contribution in [0, 0.1) is 6.92 Å². The van der Waals surface area contributed by atoms with Crippen molar-refractivity contribution < 1.29 is 13.2 Å². The van der Waals surface area contributed by atoms with Crippen LogP contribution in [0.25, 0.3) is 0 Å². The Kier molecular flexibility index (Phi) is 5.02. The minimum atomic E-state index is -3.72.